The molecule has 1 aliphatic carbocycles. The van der Waals surface area contributed by atoms with Crippen molar-refractivity contribution < 1.29 is 18.7 Å². The van der Waals surface area contributed by atoms with E-state index < -0.39 is 11.7 Å². The van der Waals surface area contributed by atoms with E-state index in [1.54, 1.807) is 11.4 Å². The highest BCUT2D eigenvalue weighted by atomic mass is 32.1. The maximum Gasteiger partial charge on any atom is 0.270 e. The topological polar surface area (TPSA) is 108 Å². The van der Waals surface area contributed by atoms with Crippen LogP contribution in [-0.4, -0.2) is 71.5 Å². The summed E-state index contributed by atoms with van der Waals surface area (Å²) in [5, 5.41) is 12.1. The molecule has 0 radical (unpaired) electrons. The summed E-state index contributed by atoms with van der Waals surface area (Å²) in [7, 11) is 0. The van der Waals surface area contributed by atoms with Gasteiger partial charge in [-0.2, -0.15) is 0 Å². The van der Waals surface area contributed by atoms with Gasteiger partial charge in [0.05, 0.1) is 11.2 Å². The molecule has 9 nitrogen and oxygen atoms in total. The first-order valence-electron chi connectivity index (χ1n) is 16.4. The molecule has 2 fully saturated rings. The molecule has 0 spiro atoms. The summed E-state index contributed by atoms with van der Waals surface area (Å²) in [5.41, 5.74) is 3.82. The number of benzene rings is 2. The highest BCUT2D eigenvalue weighted by molar-refractivity contribution is 7.09. The van der Waals surface area contributed by atoms with E-state index in [9.17, 15) is 14.0 Å². The molecular formula is C36H41FN6O3S. The highest BCUT2D eigenvalue weighted by Gasteiger charge is 2.26. The monoisotopic (exact) mass is 656 g/mol. The van der Waals surface area contributed by atoms with Gasteiger partial charge in [-0.15, -0.1) is 11.3 Å². The predicted molar refractivity (Wildman–Crippen MR) is 182 cm³/mol. The lowest BCUT2D eigenvalue weighted by atomic mass is 9.91. The molecular weight excluding hydrogens is 616 g/mol. The van der Waals surface area contributed by atoms with E-state index in [1.807, 2.05) is 25.1 Å². The van der Waals surface area contributed by atoms with E-state index in [-0.39, 0.29) is 29.4 Å². The van der Waals surface area contributed by atoms with E-state index in [0.717, 1.165) is 74.0 Å². The third-order valence-corrected chi connectivity index (χ3v) is 9.54. The van der Waals surface area contributed by atoms with Crippen LogP contribution >= 0.6 is 11.3 Å². The summed E-state index contributed by atoms with van der Waals surface area (Å²) in [6.45, 7) is 7.30. The number of hydrogen-bond acceptors (Lipinski definition) is 8. The van der Waals surface area contributed by atoms with Gasteiger partial charge in [-0.05, 0) is 86.9 Å². The van der Waals surface area contributed by atoms with Crippen LogP contribution in [0.5, 0.6) is 11.6 Å². The van der Waals surface area contributed by atoms with E-state index in [0.29, 0.717) is 37.1 Å². The van der Waals surface area contributed by atoms with Crippen molar-refractivity contribution in [2.45, 2.75) is 57.5 Å². The van der Waals surface area contributed by atoms with Gasteiger partial charge in [-0.25, -0.2) is 14.4 Å². The normalized spacial score (nSPS) is 18.4. The molecule has 1 saturated carbocycles. The lowest BCUT2D eigenvalue weighted by Gasteiger charge is -2.29. The molecule has 2 aromatic heterocycles. The van der Waals surface area contributed by atoms with Crippen molar-refractivity contribution >= 4 is 23.2 Å². The predicted octanol–water partition coefficient (Wildman–Crippen LogP) is 5.75. The summed E-state index contributed by atoms with van der Waals surface area (Å²) in [5.74, 6) is -0.683. The lowest BCUT2D eigenvalue weighted by molar-refractivity contribution is 0.0888. The number of ether oxygens (including phenoxy) is 1. The summed E-state index contributed by atoms with van der Waals surface area (Å²) in [6.07, 6.45) is 5.97. The zero-order valence-corrected chi connectivity index (χ0v) is 27.5. The first-order valence-corrected chi connectivity index (χ1v) is 17.3. The molecule has 246 valence electrons. The SMILES string of the molecule is Cc1nc(C(=O)N[C@H]2CC[C@H](NC(=O)c3cc(F)cnc3Oc3cccc(-c4cccc(CCCN5CCNCC5)c4)c3)CC2)cs1. The molecule has 0 atom stereocenters. The molecule has 1 aliphatic heterocycles. The van der Waals surface area contributed by atoms with Crippen LogP contribution in [0.1, 0.15) is 63.5 Å². The van der Waals surface area contributed by atoms with Crippen LogP contribution in [0.15, 0.2) is 66.2 Å². The first-order chi connectivity index (χ1) is 22.9. The average molecular weight is 657 g/mol. The van der Waals surface area contributed by atoms with Crippen LogP contribution in [0.3, 0.4) is 0 Å². The van der Waals surface area contributed by atoms with Crippen molar-refractivity contribution in [2.24, 2.45) is 0 Å². The number of piperazine rings is 1. The zero-order valence-electron chi connectivity index (χ0n) is 26.6. The Labute approximate surface area is 279 Å². The zero-order chi connectivity index (χ0) is 32.6. The van der Waals surface area contributed by atoms with E-state index in [2.05, 4.69) is 55.1 Å². The minimum atomic E-state index is -0.617. The molecule has 2 amide bonds. The standard InChI is InChI=1S/C36H41FN6O3S/c1-24-40-33(23-47-24)35(45)42-30-12-10-29(11-13-30)41-34(44)32-21-28(37)22-39-36(32)46-31-9-3-8-27(20-31)26-7-2-5-25(19-26)6-4-16-43-17-14-38-15-18-43/h2-3,5,7-9,19-23,29-30,38H,4,6,10-18H2,1H3,(H,41,44)(H,42,45)/t29-,30-. The summed E-state index contributed by atoms with van der Waals surface area (Å²) in [4.78, 5) is 36.8. The number of carbonyl (C=O) groups excluding carboxylic acids is 2. The van der Waals surface area contributed by atoms with Crippen molar-refractivity contribution in [3.63, 3.8) is 0 Å². The quantitative estimate of drug-likeness (QED) is 0.189. The van der Waals surface area contributed by atoms with E-state index in [4.69, 9.17) is 4.74 Å². The fourth-order valence-corrected chi connectivity index (χ4v) is 6.83. The largest absolute Gasteiger partial charge is 0.438 e. The smallest absolute Gasteiger partial charge is 0.270 e. The lowest BCUT2D eigenvalue weighted by Crippen LogP contribution is -2.44. The van der Waals surface area contributed by atoms with Gasteiger partial charge in [0.25, 0.3) is 11.8 Å². The Kier molecular flexibility index (Phi) is 10.9. The summed E-state index contributed by atoms with van der Waals surface area (Å²) < 4.78 is 20.4. The third kappa shape index (κ3) is 9.00. The highest BCUT2D eigenvalue weighted by Crippen LogP contribution is 2.30. The van der Waals surface area contributed by atoms with Crippen LogP contribution < -0.4 is 20.7 Å². The van der Waals surface area contributed by atoms with Crippen molar-refractivity contribution in [1.82, 2.24) is 30.8 Å². The third-order valence-electron chi connectivity index (χ3n) is 8.77. The number of halogens is 1. The second-order valence-corrected chi connectivity index (χ2v) is 13.3. The van der Waals surface area contributed by atoms with Crippen molar-refractivity contribution in [1.29, 1.82) is 0 Å². The number of amides is 2. The van der Waals surface area contributed by atoms with Gasteiger partial charge in [0.2, 0.25) is 5.88 Å². The van der Waals surface area contributed by atoms with Gasteiger partial charge in [0, 0.05) is 43.6 Å². The van der Waals surface area contributed by atoms with Crippen molar-refractivity contribution in [2.75, 3.05) is 32.7 Å². The number of nitrogens with zero attached hydrogens (tertiary/aromatic N) is 3. The maximum absolute atomic E-state index is 14.3. The number of hydrogen-bond donors (Lipinski definition) is 3. The average Bonchev–Trinajstić information content (AvgIpc) is 3.53. The van der Waals surface area contributed by atoms with Gasteiger partial charge in [-0.1, -0.05) is 36.4 Å². The summed E-state index contributed by atoms with van der Waals surface area (Å²) in [6, 6.07) is 17.2. The minimum Gasteiger partial charge on any atom is -0.438 e. The molecule has 4 aromatic rings. The molecule has 3 N–H and O–H groups in total. The molecule has 2 aliphatic rings. The Bertz CT molecular complexity index is 1680. The Morgan fingerprint density at radius 1 is 0.979 bits per heavy atom. The minimum absolute atomic E-state index is 0.0117. The summed E-state index contributed by atoms with van der Waals surface area (Å²) >= 11 is 1.44. The number of aryl methyl sites for hydroxylation is 2. The molecule has 2 aromatic carbocycles. The maximum atomic E-state index is 14.3. The van der Waals surface area contributed by atoms with Crippen molar-refractivity contribution in [3.05, 3.63) is 93.8 Å². The van der Waals surface area contributed by atoms with Gasteiger partial charge in [0.15, 0.2) is 0 Å². The van der Waals surface area contributed by atoms with Gasteiger partial charge >= 0.3 is 0 Å². The van der Waals surface area contributed by atoms with Gasteiger partial charge in [-0.3, -0.25) is 9.59 Å². The van der Waals surface area contributed by atoms with E-state index >= 15 is 0 Å². The molecule has 0 unspecified atom stereocenters. The molecule has 3 heterocycles. The van der Waals surface area contributed by atoms with Crippen LogP contribution in [0.2, 0.25) is 0 Å². The van der Waals surface area contributed by atoms with Crippen LogP contribution in [0, 0.1) is 12.7 Å². The van der Waals surface area contributed by atoms with Gasteiger partial charge in [0.1, 0.15) is 22.8 Å². The van der Waals surface area contributed by atoms with Crippen LogP contribution in [0.25, 0.3) is 11.1 Å². The Morgan fingerprint density at radius 3 is 2.40 bits per heavy atom. The fourth-order valence-electron chi connectivity index (χ4n) is 6.24. The fraction of sp³-hybridized carbons (Fsp3) is 0.389. The van der Waals surface area contributed by atoms with Crippen LogP contribution in [0.4, 0.5) is 4.39 Å². The molecule has 47 heavy (non-hydrogen) atoms. The molecule has 11 heteroatoms. The van der Waals surface area contributed by atoms with Gasteiger partial charge < -0.3 is 25.6 Å². The second-order valence-electron chi connectivity index (χ2n) is 12.3. The number of rotatable bonds is 11. The Morgan fingerprint density at radius 2 is 1.68 bits per heavy atom. The number of pyridine rings is 1. The number of thiazole rings is 1. The molecule has 1 saturated heterocycles. The van der Waals surface area contributed by atoms with E-state index in [1.165, 1.54) is 16.9 Å². The first kappa shape index (κ1) is 32.7. The number of aromatic nitrogens is 2. The van der Waals surface area contributed by atoms with Crippen LogP contribution in [-0.2, 0) is 6.42 Å². The Balaban J connectivity index is 1.05. The van der Waals surface area contributed by atoms with Crippen molar-refractivity contribution in [3.8, 4) is 22.8 Å². The number of carbonyl (C=O) groups is 2. The molecule has 0 bridgehead atoms. The molecule has 6 rings (SSSR count). The Hall–Kier alpha value is -4.19. The second kappa shape index (κ2) is 15.6. The number of nitrogens with one attached hydrogen (secondary N) is 3.